The predicted molar refractivity (Wildman–Crippen MR) is 45.1 cm³/mol. The lowest BCUT2D eigenvalue weighted by molar-refractivity contribution is -0.251. The van der Waals surface area contributed by atoms with E-state index in [-0.39, 0.29) is 5.92 Å². The van der Waals surface area contributed by atoms with Crippen molar-refractivity contribution < 1.29 is 9.47 Å². The summed E-state index contributed by atoms with van der Waals surface area (Å²) in [5, 5.41) is 6.60. The quantitative estimate of drug-likeness (QED) is 0.695. The molecule has 13 heavy (non-hydrogen) atoms. The standard InChI is InChI=1S/C8H13N3O2/c1-8(2)12-3-6(4-13-8)7-9-5-10-11-7/h5-6H,3-4H2,1-2H3,(H,9,10,11). The highest BCUT2D eigenvalue weighted by atomic mass is 16.7. The van der Waals surface area contributed by atoms with Crippen molar-refractivity contribution in [1.82, 2.24) is 15.2 Å². The normalized spacial score (nSPS) is 23.2. The van der Waals surface area contributed by atoms with Crippen molar-refractivity contribution in [1.29, 1.82) is 0 Å². The Hall–Kier alpha value is -0.940. The average molecular weight is 183 g/mol. The highest BCUT2D eigenvalue weighted by Gasteiger charge is 2.30. The summed E-state index contributed by atoms with van der Waals surface area (Å²) in [4.78, 5) is 4.06. The zero-order valence-electron chi connectivity index (χ0n) is 7.78. The molecule has 0 atom stereocenters. The molecule has 0 bridgehead atoms. The lowest BCUT2D eigenvalue weighted by atomic mass is 10.1. The molecule has 5 heteroatoms. The fraction of sp³-hybridized carbons (Fsp3) is 0.750. The molecular formula is C8H13N3O2. The topological polar surface area (TPSA) is 60.0 Å². The smallest absolute Gasteiger partial charge is 0.162 e. The third-order valence-electron chi connectivity index (χ3n) is 2.08. The van der Waals surface area contributed by atoms with Crippen molar-refractivity contribution in [2.24, 2.45) is 0 Å². The summed E-state index contributed by atoms with van der Waals surface area (Å²) >= 11 is 0. The lowest BCUT2D eigenvalue weighted by Gasteiger charge is -2.33. The Morgan fingerprint density at radius 1 is 1.46 bits per heavy atom. The van der Waals surface area contributed by atoms with Crippen LogP contribution in [0.1, 0.15) is 25.6 Å². The number of rotatable bonds is 1. The lowest BCUT2D eigenvalue weighted by Crippen LogP contribution is -2.38. The Kier molecular flexibility index (Phi) is 2.05. The van der Waals surface area contributed by atoms with Gasteiger partial charge in [-0.2, -0.15) is 5.10 Å². The molecule has 1 aliphatic rings. The molecule has 1 N–H and O–H groups in total. The van der Waals surface area contributed by atoms with Crippen LogP contribution >= 0.6 is 0 Å². The second-order valence-electron chi connectivity index (χ2n) is 3.59. The zero-order valence-corrected chi connectivity index (χ0v) is 7.78. The molecule has 0 radical (unpaired) electrons. The van der Waals surface area contributed by atoms with Gasteiger partial charge in [-0.05, 0) is 13.8 Å². The van der Waals surface area contributed by atoms with Crippen LogP contribution in [-0.2, 0) is 9.47 Å². The first-order valence-electron chi connectivity index (χ1n) is 4.30. The third kappa shape index (κ3) is 1.87. The van der Waals surface area contributed by atoms with Crippen LogP contribution in [0.25, 0.3) is 0 Å². The van der Waals surface area contributed by atoms with Crippen molar-refractivity contribution in [3.63, 3.8) is 0 Å². The molecule has 1 aliphatic heterocycles. The van der Waals surface area contributed by atoms with E-state index in [2.05, 4.69) is 15.2 Å². The third-order valence-corrected chi connectivity index (χ3v) is 2.08. The Labute approximate surface area is 76.5 Å². The van der Waals surface area contributed by atoms with Gasteiger partial charge in [-0.25, -0.2) is 4.98 Å². The number of H-pyrrole nitrogens is 1. The van der Waals surface area contributed by atoms with Crippen LogP contribution < -0.4 is 0 Å². The van der Waals surface area contributed by atoms with E-state index < -0.39 is 5.79 Å². The van der Waals surface area contributed by atoms with Crippen molar-refractivity contribution in [2.75, 3.05) is 13.2 Å². The monoisotopic (exact) mass is 183 g/mol. The number of aromatic amines is 1. The van der Waals surface area contributed by atoms with E-state index in [1.165, 1.54) is 6.33 Å². The maximum absolute atomic E-state index is 5.49. The van der Waals surface area contributed by atoms with E-state index in [1.54, 1.807) is 0 Å². The minimum absolute atomic E-state index is 0.176. The van der Waals surface area contributed by atoms with Crippen LogP contribution in [0.15, 0.2) is 6.33 Å². The molecule has 0 amide bonds. The highest BCUT2D eigenvalue weighted by Crippen LogP contribution is 2.24. The number of nitrogens with zero attached hydrogens (tertiary/aromatic N) is 2. The maximum Gasteiger partial charge on any atom is 0.162 e. The summed E-state index contributed by atoms with van der Waals surface area (Å²) in [5.74, 6) is 0.544. The molecule has 2 rings (SSSR count). The first-order chi connectivity index (χ1) is 6.17. The Morgan fingerprint density at radius 2 is 2.15 bits per heavy atom. The molecule has 0 saturated carbocycles. The van der Waals surface area contributed by atoms with Gasteiger partial charge in [-0.3, -0.25) is 5.10 Å². The number of nitrogens with one attached hydrogen (secondary N) is 1. The van der Waals surface area contributed by atoms with Crippen LogP contribution in [0, 0.1) is 0 Å². The fourth-order valence-corrected chi connectivity index (χ4v) is 1.26. The molecule has 2 heterocycles. The molecule has 0 unspecified atom stereocenters. The molecule has 1 aromatic heterocycles. The summed E-state index contributed by atoms with van der Waals surface area (Å²) in [6.07, 6.45) is 1.50. The van der Waals surface area contributed by atoms with Crippen molar-refractivity contribution in [2.45, 2.75) is 25.6 Å². The predicted octanol–water partition coefficient (Wildman–Crippen LogP) is 0.671. The first-order valence-corrected chi connectivity index (χ1v) is 4.30. The molecular weight excluding hydrogens is 170 g/mol. The number of ether oxygens (including phenoxy) is 2. The van der Waals surface area contributed by atoms with Gasteiger partial charge in [0.2, 0.25) is 0 Å². The van der Waals surface area contributed by atoms with Gasteiger partial charge in [0.15, 0.2) is 5.79 Å². The van der Waals surface area contributed by atoms with Gasteiger partial charge in [0.25, 0.3) is 0 Å². The minimum Gasteiger partial charge on any atom is -0.350 e. The van der Waals surface area contributed by atoms with E-state index in [0.717, 1.165) is 5.82 Å². The maximum atomic E-state index is 5.49. The van der Waals surface area contributed by atoms with Gasteiger partial charge in [-0.15, -0.1) is 0 Å². The molecule has 1 saturated heterocycles. The van der Waals surface area contributed by atoms with Crippen molar-refractivity contribution in [3.8, 4) is 0 Å². The van der Waals surface area contributed by atoms with Gasteiger partial charge < -0.3 is 9.47 Å². The van der Waals surface area contributed by atoms with Gasteiger partial charge >= 0.3 is 0 Å². The average Bonchev–Trinajstić information content (AvgIpc) is 2.56. The SMILES string of the molecule is CC1(C)OCC(c2ncn[nH]2)CO1. The molecule has 1 aromatic rings. The summed E-state index contributed by atoms with van der Waals surface area (Å²) in [6, 6.07) is 0. The van der Waals surface area contributed by atoms with Gasteiger partial charge in [0.1, 0.15) is 12.2 Å². The van der Waals surface area contributed by atoms with Gasteiger partial charge in [-0.1, -0.05) is 0 Å². The molecule has 0 aliphatic carbocycles. The van der Waals surface area contributed by atoms with E-state index in [9.17, 15) is 0 Å². The van der Waals surface area contributed by atoms with Crippen LogP contribution in [0.4, 0.5) is 0 Å². The van der Waals surface area contributed by atoms with Crippen molar-refractivity contribution >= 4 is 0 Å². The number of aromatic nitrogens is 3. The fourth-order valence-electron chi connectivity index (χ4n) is 1.26. The van der Waals surface area contributed by atoms with Crippen LogP contribution in [0.5, 0.6) is 0 Å². The van der Waals surface area contributed by atoms with E-state index in [4.69, 9.17) is 9.47 Å². The van der Waals surface area contributed by atoms with E-state index in [1.807, 2.05) is 13.8 Å². The van der Waals surface area contributed by atoms with Gasteiger partial charge in [0, 0.05) is 0 Å². The van der Waals surface area contributed by atoms with Gasteiger partial charge in [0.05, 0.1) is 19.1 Å². The summed E-state index contributed by atoms with van der Waals surface area (Å²) in [5.41, 5.74) is 0. The number of hydrogen-bond donors (Lipinski definition) is 1. The second-order valence-corrected chi connectivity index (χ2v) is 3.59. The highest BCUT2D eigenvalue weighted by molar-refractivity contribution is 4.94. The summed E-state index contributed by atoms with van der Waals surface area (Å²) < 4.78 is 11.0. The van der Waals surface area contributed by atoms with Crippen LogP contribution in [0.3, 0.4) is 0 Å². The summed E-state index contributed by atoms with van der Waals surface area (Å²) in [7, 11) is 0. The first kappa shape index (κ1) is 8.65. The molecule has 5 nitrogen and oxygen atoms in total. The molecule has 72 valence electrons. The Bertz CT molecular complexity index is 261. The molecule has 0 aromatic carbocycles. The molecule has 0 spiro atoms. The largest absolute Gasteiger partial charge is 0.350 e. The summed E-state index contributed by atoms with van der Waals surface area (Å²) in [6.45, 7) is 5.07. The second kappa shape index (κ2) is 3.08. The zero-order chi connectivity index (χ0) is 9.31. The van der Waals surface area contributed by atoms with E-state index in [0.29, 0.717) is 13.2 Å². The minimum atomic E-state index is -0.462. The van der Waals surface area contributed by atoms with E-state index >= 15 is 0 Å². The number of hydrogen-bond acceptors (Lipinski definition) is 4. The van der Waals surface area contributed by atoms with Crippen LogP contribution in [-0.4, -0.2) is 34.2 Å². The Morgan fingerprint density at radius 3 is 2.69 bits per heavy atom. The Balaban J connectivity index is 1.99. The van der Waals surface area contributed by atoms with Crippen molar-refractivity contribution in [3.05, 3.63) is 12.2 Å². The molecule has 1 fully saturated rings. The van der Waals surface area contributed by atoms with Crippen LogP contribution in [0.2, 0.25) is 0 Å².